The summed E-state index contributed by atoms with van der Waals surface area (Å²) in [4.78, 5) is 1.28. The van der Waals surface area contributed by atoms with Crippen molar-refractivity contribution >= 4 is 22.9 Å². The number of allylic oxidation sites excluding steroid dienone is 2. The minimum Gasteiger partial charge on any atom is -0.496 e. The molecule has 0 radical (unpaired) electrons. The Morgan fingerprint density at radius 3 is 2.24 bits per heavy atom. The average Bonchev–Trinajstić information content (AvgIpc) is 3.26. The van der Waals surface area contributed by atoms with E-state index in [2.05, 4.69) is 55.1 Å². The van der Waals surface area contributed by atoms with Crippen molar-refractivity contribution in [3.63, 3.8) is 0 Å². The van der Waals surface area contributed by atoms with E-state index in [9.17, 15) is 0 Å². The van der Waals surface area contributed by atoms with E-state index in [1.165, 1.54) is 27.2 Å². The smallest absolute Gasteiger partial charge is 0.126 e. The van der Waals surface area contributed by atoms with E-state index in [0.717, 1.165) is 52.4 Å². The third kappa shape index (κ3) is 5.07. The predicted octanol–water partition coefficient (Wildman–Crippen LogP) is 5.58. The number of ether oxygens (including phenoxy) is 2. The number of hydrogen-bond acceptors (Lipinski definition) is 5. The highest BCUT2D eigenvalue weighted by atomic mass is 32.2. The lowest BCUT2D eigenvalue weighted by Gasteiger charge is -2.13. The molecule has 3 aromatic carbocycles. The molecule has 0 fully saturated rings. The minimum atomic E-state index is 0.613. The van der Waals surface area contributed by atoms with Crippen LogP contribution in [0.25, 0.3) is 22.3 Å². The van der Waals surface area contributed by atoms with Gasteiger partial charge in [0.1, 0.15) is 11.5 Å². The van der Waals surface area contributed by atoms with Gasteiger partial charge in [-0.15, -0.1) is 11.8 Å². The van der Waals surface area contributed by atoms with Crippen LogP contribution < -0.4 is 20.9 Å². The highest BCUT2D eigenvalue weighted by molar-refractivity contribution is 8.00. The lowest BCUT2D eigenvalue weighted by atomic mass is 9.95. The third-order valence-corrected chi connectivity index (χ3v) is 7.23. The van der Waals surface area contributed by atoms with Gasteiger partial charge in [0.15, 0.2) is 0 Å². The fourth-order valence-electron chi connectivity index (χ4n) is 4.35. The van der Waals surface area contributed by atoms with E-state index in [0.29, 0.717) is 13.1 Å². The molecule has 0 aromatic heterocycles. The van der Waals surface area contributed by atoms with E-state index in [1.807, 2.05) is 23.9 Å². The largest absolute Gasteiger partial charge is 0.496 e. The molecule has 0 bridgehead atoms. The van der Waals surface area contributed by atoms with Gasteiger partial charge in [-0.3, -0.25) is 0 Å². The van der Waals surface area contributed by atoms with Gasteiger partial charge in [-0.25, -0.2) is 0 Å². The van der Waals surface area contributed by atoms with Crippen LogP contribution in [0.5, 0.6) is 11.5 Å². The summed E-state index contributed by atoms with van der Waals surface area (Å²) in [6.45, 7) is 5.62. The summed E-state index contributed by atoms with van der Waals surface area (Å²) in [7, 11) is 3.41. The first-order chi connectivity index (χ1) is 16.6. The summed E-state index contributed by atoms with van der Waals surface area (Å²) in [5, 5.41) is 0. The van der Waals surface area contributed by atoms with Crippen LogP contribution in [-0.4, -0.2) is 33.1 Å². The molecule has 0 saturated carbocycles. The summed E-state index contributed by atoms with van der Waals surface area (Å²) >= 11 is 1.85. The van der Waals surface area contributed by atoms with Crippen LogP contribution in [0.1, 0.15) is 22.3 Å². The molecular weight excluding hydrogens is 440 g/mol. The zero-order chi connectivity index (χ0) is 24.1. The van der Waals surface area contributed by atoms with E-state index < -0.39 is 0 Å². The topological polar surface area (TPSA) is 70.5 Å². The Kier molecular flexibility index (Phi) is 7.78. The van der Waals surface area contributed by atoms with Crippen molar-refractivity contribution in [1.82, 2.24) is 0 Å². The third-order valence-electron chi connectivity index (χ3n) is 6.11. The van der Waals surface area contributed by atoms with Crippen LogP contribution in [0.4, 0.5) is 0 Å². The average molecular weight is 473 g/mol. The highest BCUT2D eigenvalue weighted by Crippen LogP contribution is 2.43. The van der Waals surface area contributed by atoms with E-state index in [-0.39, 0.29) is 0 Å². The second-order valence-corrected chi connectivity index (χ2v) is 9.36. The van der Waals surface area contributed by atoms with Crippen molar-refractivity contribution in [2.24, 2.45) is 11.5 Å². The lowest BCUT2D eigenvalue weighted by Crippen LogP contribution is -2.03. The summed E-state index contributed by atoms with van der Waals surface area (Å²) in [5.74, 6) is 2.60. The van der Waals surface area contributed by atoms with Crippen LogP contribution in [-0.2, 0) is 12.8 Å². The maximum absolute atomic E-state index is 5.79. The molecule has 5 heteroatoms. The second kappa shape index (κ2) is 11.0. The van der Waals surface area contributed by atoms with Crippen molar-refractivity contribution in [1.29, 1.82) is 0 Å². The fourth-order valence-corrected chi connectivity index (χ4v) is 5.41. The van der Waals surface area contributed by atoms with Gasteiger partial charge in [0.25, 0.3) is 0 Å². The first-order valence-electron chi connectivity index (χ1n) is 11.5. The van der Waals surface area contributed by atoms with Gasteiger partial charge >= 0.3 is 0 Å². The Morgan fingerprint density at radius 1 is 0.882 bits per heavy atom. The Bertz CT molecular complexity index is 1230. The van der Waals surface area contributed by atoms with Crippen molar-refractivity contribution in [2.75, 3.05) is 33.1 Å². The Labute approximate surface area is 206 Å². The molecule has 4 rings (SSSR count). The van der Waals surface area contributed by atoms with Gasteiger partial charge in [0, 0.05) is 21.8 Å². The van der Waals surface area contributed by atoms with Crippen LogP contribution >= 0.6 is 11.8 Å². The number of hydrogen-bond donors (Lipinski definition) is 2. The Hall–Kier alpha value is -2.99. The Balaban J connectivity index is 1.71. The number of fused-ring (bicyclic) bond motifs is 1. The van der Waals surface area contributed by atoms with Gasteiger partial charge in [-0.1, -0.05) is 30.9 Å². The molecule has 176 valence electrons. The second-order valence-electron chi connectivity index (χ2n) is 8.34. The zero-order valence-corrected chi connectivity index (χ0v) is 20.7. The molecule has 1 aliphatic heterocycles. The van der Waals surface area contributed by atoms with Crippen molar-refractivity contribution in [2.45, 2.75) is 17.7 Å². The van der Waals surface area contributed by atoms with Gasteiger partial charge in [0.2, 0.25) is 0 Å². The molecule has 0 unspecified atom stereocenters. The fraction of sp³-hybridized carbons (Fsp3) is 0.241. The van der Waals surface area contributed by atoms with Crippen LogP contribution in [0.3, 0.4) is 0 Å². The number of benzene rings is 3. The van der Waals surface area contributed by atoms with Gasteiger partial charge in [-0.2, -0.15) is 0 Å². The summed E-state index contributed by atoms with van der Waals surface area (Å²) in [6, 6.07) is 19.1. The quantitative estimate of drug-likeness (QED) is 0.426. The van der Waals surface area contributed by atoms with Gasteiger partial charge in [-0.05, 0) is 95.7 Å². The number of nitrogens with two attached hydrogens (primary N) is 2. The molecule has 1 heterocycles. The Morgan fingerprint density at radius 2 is 1.56 bits per heavy atom. The molecule has 3 aromatic rings. The van der Waals surface area contributed by atoms with Gasteiger partial charge in [0.05, 0.1) is 14.2 Å². The number of methoxy groups -OCH3 is 2. The van der Waals surface area contributed by atoms with Crippen LogP contribution in [0.15, 0.2) is 72.1 Å². The van der Waals surface area contributed by atoms with Gasteiger partial charge < -0.3 is 20.9 Å². The molecule has 4 N–H and O–H groups in total. The maximum Gasteiger partial charge on any atom is 0.126 e. The van der Waals surface area contributed by atoms with Crippen molar-refractivity contribution in [3.05, 3.63) is 89.5 Å². The minimum absolute atomic E-state index is 0.613. The molecule has 0 spiro atoms. The highest BCUT2D eigenvalue weighted by Gasteiger charge is 2.20. The predicted molar refractivity (Wildman–Crippen MR) is 145 cm³/mol. The molecule has 0 amide bonds. The van der Waals surface area contributed by atoms with E-state index in [1.54, 1.807) is 14.2 Å². The summed E-state index contributed by atoms with van der Waals surface area (Å²) in [6.07, 6.45) is 3.86. The van der Waals surface area contributed by atoms with Crippen molar-refractivity contribution in [3.8, 4) is 22.6 Å². The first kappa shape index (κ1) is 24.1. The molecule has 1 aliphatic rings. The zero-order valence-electron chi connectivity index (χ0n) is 19.9. The number of thioether (sulfide) groups is 1. The SMILES string of the molecule is C=C(/C=C1\CSc2ccc(-c3cc(CCN)ccc3OC)cc21)c1cc(CCN)ccc1OC. The molecule has 4 nitrogen and oxygen atoms in total. The van der Waals surface area contributed by atoms with E-state index >= 15 is 0 Å². The molecule has 0 aliphatic carbocycles. The molecule has 34 heavy (non-hydrogen) atoms. The van der Waals surface area contributed by atoms with Crippen LogP contribution in [0, 0.1) is 0 Å². The first-order valence-corrected chi connectivity index (χ1v) is 12.5. The lowest BCUT2D eigenvalue weighted by molar-refractivity contribution is 0.413. The molecular formula is C29H32N2O2S. The molecule has 0 saturated heterocycles. The standard InChI is InChI=1S/C29H32N2O2S/c1-19(24-15-20(10-12-30)4-7-27(24)32-2)14-23-18-34-29-9-6-22(17-26(23)29)25-16-21(11-13-31)5-8-28(25)33-3/h4-9,14-17H,1,10-13,18,30-31H2,2-3H3/b23-14+. The molecule has 0 atom stereocenters. The monoisotopic (exact) mass is 472 g/mol. The maximum atomic E-state index is 5.79. The van der Waals surface area contributed by atoms with Crippen molar-refractivity contribution < 1.29 is 9.47 Å². The normalized spacial score (nSPS) is 13.7. The van der Waals surface area contributed by atoms with E-state index in [4.69, 9.17) is 20.9 Å². The summed E-state index contributed by atoms with van der Waals surface area (Å²) < 4.78 is 11.3. The number of rotatable bonds is 9. The summed E-state index contributed by atoms with van der Waals surface area (Å²) in [5.41, 5.74) is 20.6. The van der Waals surface area contributed by atoms with Crippen LogP contribution in [0.2, 0.25) is 0 Å².